The molecule has 0 saturated carbocycles. The van der Waals surface area contributed by atoms with Crippen LogP contribution in [0.25, 0.3) is 0 Å². The summed E-state index contributed by atoms with van der Waals surface area (Å²) in [7, 11) is -4.47. The van der Waals surface area contributed by atoms with Gasteiger partial charge in [-0.05, 0) is 40.7 Å². The number of hydrogen-bond acceptors (Lipinski definition) is 14. The van der Waals surface area contributed by atoms with E-state index in [0.29, 0.717) is 0 Å². The summed E-state index contributed by atoms with van der Waals surface area (Å²) in [4.78, 5) is 39.5. The second kappa shape index (κ2) is 12.8. The van der Waals surface area contributed by atoms with E-state index < -0.39 is 75.1 Å². The number of nitrogens with one attached hydrogen (secondary N) is 1. The normalized spacial score (nSPS) is 24.8. The van der Waals surface area contributed by atoms with E-state index in [1.807, 2.05) is 0 Å². The van der Waals surface area contributed by atoms with Gasteiger partial charge < -0.3 is 34.9 Å². The van der Waals surface area contributed by atoms with Crippen LogP contribution in [-0.4, -0.2) is 82.4 Å². The second-order valence-corrected chi connectivity index (χ2v) is 10.0. The number of nitrogens with zero attached hydrogens (tertiary/aromatic N) is 2. The standard InChI is InChI=1S/C20H33N4O12P/c1-6-31-19(28)35-13(5)36-37(30,23-12(4)17(26)34-11(2)3)33-9-14-16(25)20(29,10-32-14)24-8-7-15(21)22-18(24)27/h7-8,11-14,16,25,29H,6,9-10H2,1-5H3,(H,23,30)(H2,21,22,27)/t12-,13?,14+,16?,20?,37?/m0/s1. The summed E-state index contributed by atoms with van der Waals surface area (Å²) in [6.07, 6.45) is -4.96. The van der Waals surface area contributed by atoms with Gasteiger partial charge in [0.2, 0.25) is 6.29 Å². The molecular formula is C20H33N4O12P. The van der Waals surface area contributed by atoms with Crippen LogP contribution in [0.4, 0.5) is 10.6 Å². The molecule has 5 N–H and O–H groups in total. The summed E-state index contributed by atoms with van der Waals surface area (Å²) in [6.45, 7) is 6.17. The Bertz CT molecular complexity index is 1050. The fourth-order valence-electron chi connectivity index (χ4n) is 3.16. The van der Waals surface area contributed by atoms with Gasteiger partial charge in [0.25, 0.3) is 0 Å². The van der Waals surface area contributed by atoms with Crippen molar-refractivity contribution in [2.75, 3.05) is 25.6 Å². The lowest BCUT2D eigenvalue weighted by atomic mass is 10.1. The van der Waals surface area contributed by atoms with Gasteiger partial charge in [-0.25, -0.2) is 19.2 Å². The van der Waals surface area contributed by atoms with Gasteiger partial charge in [-0.2, -0.15) is 4.98 Å². The summed E-state index contributed by atoms with van der Waals surface area (Å²) >= 11 is 0. The molecule has 1 saturated heterocycles. The molecule has 0 spiro atoms. The first-order valence-corrected chi connectivity index (χ1v) is 12.9. The van der Waals surface area contributed by atoms with E-state index in [1.165, 1.54) is 19.9 Å². The lowest BCUT2D eigenvalue weighted by molar-refractivity contribution is -0.149. The van der Waals surface area contributed by atoms with Gasteiger partial charge in [0.1, 0.15) is 24.1 Å². The third kappa shape index (κ3) is 8.20. The van der Waals surface area contributed by atoms with Crippen molar-refractivity contribution in [3.8, 4) is 0 Å². The molecule has 4 unspecified atom stereocenters. The Morgan fingerprint density at radius 3 is 2.62 bits per heavy atom. The Morgan fingerprint density at radius 1 is 1.35 bits per heavy atom. The first-order valence-electron chi connectivity index (χ1n) is 11.3. The second-order valence-electron chi connectivity index (χ2n) is 8.28. The Hall–Kier alpha value is -2.59. The molecule has 6 atom stereocenters. The molecule has 0 radical (unpaired) electrons. The van der Waals surface area contributed by atoms with Crippen molar-refractivity contribution < 1.29 is 52.4 Å². The Morgan fingerprint density at radius 2 is 2.03 bits per heavy atom. The quantitative estimate of drug-likeness (QED) is 0.150. The van der Waals surface area contributed by atoms with E-state index in [-0.39, 0.29) is 12.4 Å². The number of nitrogens with two attached hydrogens (primary N) is 1. The van der Waals surface area contributed by atoms with Crippen molar-refractivity contribution in [3.05, 3.63) is 22.7 Å². The molecule has 2 heterocycles. The molecule has 2 rings (SSSR count). The molecule has 0 amide bonds. The zero-order valence-corrected chi connectivity index (χ0v) is 22.0. The van der Waals surface area contributed by atoms with Crippen LogP contribution in [0.2, 0.25) is 0 Å². The molecule has 17 heteroatoms. The van der Waals surface area contributed by atoms with E-state index in [1.54, 1.807) is 20.8 Å². The molecule has 1 aromatic rings. The van der Waals surface area contributed by atoms with Crippen molar-refractivity contribution in [1.82, 2.24) is 14.6 Å². The van der Waals surface area contributed by atoms with Crippen LogP contribution >= 0.6 is 7.75 Å². The average Bonchev–Trinajstić information content (AvgIpc) is 3.06. The molecule has 1 aliphatic rings. The van der Waals surface area contributed by atoms with Crippen LogP contribution in [0.5, 0.6) is 0 Å². The molecule has 1 aromatic heterocycles. The number of aliphatic hydroxyl groups is 2. The maximum Gasteiger partial charge on any atom is 0.510 e. The number of aliphatic hydroxyl groups excluding tert-OH is 1. The molecule has 210 valence electrons. The lowest BCUT2D eigenvalue weighted by Gasteiger charge is -2.29. The van der Waals surface area contributed by atoms with Gasteiger partial charge in [0.05, 0.1) is 25.9 Å². The minimum absolute atomic E-state index is 0.0163. The summed E-state index contributed by atoms with van der Waals surface area (Å²) in [5.41, 5.74) is 2.28. The van der Waals surface area contributed by atoms with E-state index in [4.69, 9.17) is 29.0 Å². The first-order chi connectivity index (χ1) is 17.2. The van der Waals surface area contributed by atoms with E-state index >= 15 is 0 Å². The minimum atomic E-state index is -4.47. The highest BCUT2D eigenvalue weighted by Gasteiger charge is 2.51. The number of ether oxygens (including phenoxy) is 4. The van der Waals surface area contributed by atoms with Gasteiger partial charge in [-0.3, -0.25) is 18.4 Å². The largest absolute Gasteiger partial charge is 0.510 e. The number of carbonyl (C=O) groups excluding carboxylic acids is 2. The molecule has 0 bridgehead atoms. The molecule has 1 aliphatic heterocycles. The molecule has 37 heavy (non-hydrogen) atoms. The first kappa shape index (κ1) is 30.6. The topological polar surface area (TPSA) is 220 Å². The maximum atomic E-state index is 13.5. The highest BCUT2D eigenvalue weighted by molar-refractivity contribution is 7.51. The maximum absolute atomic E-state index is 13.5. The van der Waals surface area contributed by atoms with Crippen molar-refractivity contribution in [2.24, 2.45) is 0 Å². The van der Waals surface area contributed by atoms with Crippen molar-refractivity contribution in [1.29, 1.82) is 0 Å². The highest BCUT2D eigenvalue weighted by Crippen LogP contribution is 2.47. The highest BCUT2D eigenvalue weighted by atomic mass is 31.2. The van der Waals surface area contributed by atoms with Crippen LogP contribution in [0, 0.1) is 0 Å². The number of rotatable bonds is 12. The summed E-state index contributed by atoms with van der Waals surface area (Å²) in [6, 6.07) is 0.0403. The van der Waals surface area contributed by atoms with E-state index in [9.17, 15) is 29.2 Å². The number of hydrogen-bond donors (Lipinski definition) is 4. The summed E-state index contributed by atoms with van der Waals surface area (Å²) in [5.74, 6) is -0.866. The number of aromatic nitrogens is 2. The van der Waals surface area contributed by atoms with Crippen LogP contribution in [0.1, 0.15) is 34.6 Å². The molecule has 16 nitrogen and oxygen atoms in total. The monoisotopic (exact) mass is 552 g/mol. The van der Waals surface area contributed by atoms with Crippen LogP contribution < -0.4 is 16.5 Å². The number of anilines is 1. The van der Waals surface area contributed by atoms with Gasteiger partial charge in [-0.1, -0.05) is 0 Å². The van der Waals surface area contributed by atoms with Crippen molar-refractivity contribution in [3.63, 3.8) is 0 Å². The fraction of sp³-hybridized carbons (Fsp3) is 0.700. The molecular weight excluding hydrogens is 519 g/mol. The predicted octanol–water partition coefficient (Wildman–Crippen LogP) is -0.180. The van der Waals surface area contributed by atoms with Crippen LogP contribution in [0.3, 0.4) is 0 Å². The third-order valence-electron chi connectivity index (χ3n) is 4.86. The zero-order valence-electron chi connectivity index (χ0n) is 21.1. The summed E-state index contributed by atoms with van der Waals surface area (Å²) < 4.78 is 44.7. The molecule has 0 aliphatic carbocycles. The Balaban J connectivity index is 2.17. The summed E-state index contributed by atoms with van der Waals surface area (Å²) in [5, 5.41) is 24.0. The molecule has 0 aromatic carbocycles. The van der Waals surface area contributed by atoms with E-state index in [0.717, 1.165) is 10.8 Å². The van der Waals surface area contributed by atoms with Crippen LogP contribution in [-0.2, 0) is 43.1 Å². The Kier molecular flexibility index (Phi) is 10.6. The average molecular weight is 552 g/mol. The van der Waals surface area contributed by atoms with Gasteiger partial charge in [-0.15, -0.1) is 0 Å². The van der Waals surface area contributed by atoms with Gasteiger partial charge in [0, 0.05) is 6.20 Å². The fourth-order valence-corrected chi connectivity index (χ4v) is 4.72. The van der Waals surface area contributed by atoms with Gasteiger partial charge in [0.15, 0.2) is 5.72 Å². The molecule has 1 fully saturated rings. The number of esters is 1. The lowest BCUT2D eigenvalue weighted by Crippen LogP contribution is -2.51. The van der Waals surface area contributed by atoms with Crippen LogP contribution in [0.15, 0.2) is 17.1 Å². The van der Waals surface area contributed by atoms with E-state index in [2.05, 4.69) is 14.8 Å². The van der Waals surface area contributed by atoms with Crippen molar-refractivity contribution >= 4 is 25.7 Å². The Labute approximate surface area is 212 Å². The smallest absolute Gasteiger partial charge is 0.462 e. The number of carbonyl (C=O) groups is 2. The van der Waals surface area contributed by atoms with Crippen molar-refractivity contribution in [2.45, 2.75) is 71.0 Å². The number of nitrogen functional groups attached to an aromatic ring is 1. The SMILES string of the molecule is CCOC(=O)OC(C)OP(=O)(N[C@@H](C)C(=O)OC(C)C)OC[C@H]1OCC(O)(n2ccc(N)nc2=O)C1O. The predicted molar refractivity (Wildman–Crippen MR) is 125 cm³/mol. The minimum Gasteiger partial charge on any atom is -0.462 e. The third-order valence-corrected chi connectivity index (χ3v) is 6.62. The zero-order chi connectivity index (χ0) is 28.0. The van der Waals surface area contributed by atoms with Gasteiger partial charge >= 0.3 is 25.6 Å².